The summed E-state index contributed by atoms with van der Waals surface area (Å²) in [6.07, 6.45) is 1.87. The molecule has 5 nitrogen and oxygen atoms in total. The van der Waals surface area contributed by atoms with Crippen molar-refractivity contribution in [3.8, 4) is 0 Å². The van der Waals surface area contributed by atoms with E-state index in [9.17, 15) is 4.79 Å². The van der Waals surface area contributed by atoms with E-state index in [0.29, 0.717) is 15.9 Å². The number of aryl methyl sites for hydroxylation is 2. The van der Waals surface area contributed by atoms with Crippen LogP contribution in [0, 0.1) is 13.8 Å². The first-order chi connectivity index (χ1) is 11.0. The maximum Gasteiger partial charge on any atom is 0.234 e. The normalized spacial score (nSPS) is 10.9. The number of nitrogens with one attached hydrogen (secondary N) is 1. The highest BCUT2D eigenvalue weighted by Crippen LogP contribution is 2.27. The van der Waals surface area contributed by atoms with Crippen LogP contribution >= 0.6 is 23.4 Å². The van der Waals surface area contributed by atoms with Crippen molar-refractivity contribution in [2.75, 3.05) is 11.1 Å². The van der Waals surface area contributed by atoms with Crippen LogP contribution < -0.4 is 5.32 Å². The molecule has 0 saturated heterocycles. The summed E-state index contributed by atoms with van der Waals surface area (Å²) < 4.78 is 1.85. The average Bonchev–Trinajstić information content (AvgIpc) is 2.92. The molecular formula is C16H15ClN4OS. The van der Waals surface area contributed by atoms with Crippen molar-refractivity contribution < 1.29 is 4.79 Å². The summed E-state index contributed by atoms with van der Waals surface area (Å²) in [6, 6.07) is 9.49. The number of fused-ring (bicyclic) bond motifs is 1. The van der Waals surface area contributed by atoms with Gasteiger partial charge in [-0.25, -0.2) is 0 Å². The Kier molecular flexibility index (Phi) is 4.54. The lowest BCUT2D eigenvalue weighted by Gasteiger charge is -2.11. The number of carbonyl (C=O) groups excluding carboxylic acids is 1. The minimum atomic E-state index is -0.128. The molecule has 0 aliphatic heterocycles. The Morgan fingerprint density at radius 1 is 1.30 bits per heavy atom. The Morgan fingerprint density at radius 2 is 2.13 bits per heavy atom. The number of carbonyl (C=O) groups is 1. The summed E-state index contributed by atoms with van der Waals surface area (Å²) in [4.78, 5) is 12.2. The molecule has 0 fully saturated rings. The molecular weight excluding hydrogens is 332 g/mol. The zero-order valence-electron chi connectivity index (χ0n) is 12.7. The van der Waals surface area contributed by atoms with E-state index >= 15 is 0 Å². The number of pyridine rings is 1. The predicted molar refractivity (Wildman–Crippen MR) is 93.3 cm³/mol. The molecule has 0 bridgehead atoms. The molecule has 0 unspecified atom stereocenters. The van der Waals surface area contributed by atoms with Crippen LogP contribution in [0.1, 0.15) is 11.1 Å². The number of rotatable bonds is 4. The van der Waals surface area contributed by atoms with Crippen molar-refractivity contribution in [3.63, 3.8) is 0 Å². The van der Waals surface area contributed by atoms with Crippen LogP contribution in [0.15, 0.2) is 41.7 Å². The predicted octanol–water partition coefficient (Wildman–Crippen LogP) is 3.73. The van der Waals surface area contributed by atoms with Crippen LogP contribution in [0.4, 0.5) is 5.69 Å². The SMILES string of the molecule is Cc1cc(C)c(NC(=O)CSc2nnc3ccccn23)c(Cl)c1. The van der Waals surface area contributed by atoms with Crippen LogP contribution in [-0.4, -0.2) is 26.3 Å². The number of hydrogen-bond donors (Lipinski definition) is 1. The Balaban J connectivity index is 1.69. The van der Waals surface area contributed by atoms with E-state index in [4.69, 9.17) is 11.6 Å². The standard InChI is InChI=1S/C16H15ClN4OS/c1-10-7-11(2)15(12(17)8-10)18-14(22)9-23-16-20-19-13-5-3-4-6-21(13)16/h3-8H,9H2,1-2H3,(H,18,22). The molecule has 0 aliphatic carbocycles. The summed E-state index contributed by atoms with van der Waals surface area (Å²) in [5.41, 5.74) is 3.43. The second-order valence-electron chi connectivity index (χ2n) is 5.19. The fraction of sp³-hybridized carbons (Fsp3) is 0.188. The molecule has 7 heteroatoms. The van der Waals surface area contributed by atoms with Gasteiger partial charge in [0.1, 0.15) is 0 Å². The summed E-state index contributed by atoms with van der Waals surface area (Å²) in [5.74, 6) is 0.107. The van der Waals surface area contributed by atoms with Crippen LogP contribution in [0.2, 0.25) is 5.02 Å². The van der Waals surface area contributed by atoms with Gasteiger partial charge < -0.3 is 5.32 Å². The van der Waals surface area contributed by atoms with Gasteiger partial charge in [-0.05, 0) is 43.2 Å². The second kappa shape index (κ2) is 6.60. The number of benzene rings is 1. The van der Waals surface area contributed by atoms with Gasteiger partial charge in [0.05, 0.1) is 16.5 Å². The smallest absolute Gasteiger partial charge is 0.234 e. The molecule has 1 aromatic carbocycles. The molecule has 0 radical (unpaired) electrons. The summed E-state index contributed by atoms with van der Waals surface area (Å²) in [5, 5.41) is 12.2. The van der Waals surface area contributed by atoms with Crippen molar-refractivity contribution in [1.82, 2.24) is 14.6 Å². The minimum Gasteiger partial charge on any atom is -0.324 e. The van der Waals surface area contributed by atoms with Crippen molar-refractivity contribution in [1.29, 1.82) is 0 Å². The van der Waals surface area contributed by atoms with Crippen molar-refractivity contribution in [2.45, 2.75) is 19.0 Å². The third-order valence-corrected chi connectivity index (χ3v) is 4.55. The van der Waals surface area contributed by atoms with Gasteiger partial charge in [-0.1, -0.05) is 35.5 Å². The number of aromatic nitrogens is 3. The molecule has 0 aliphatic rings. The molecule has 0 atom stereocenters. The van der Waals surface area contributed by atoms with E-state index in [1.807, 2.05) is 54.8 Å². The monoisotopic (exact) mass is 346 g/mol. The van der Waals surface area contributed by atoms with E-state index in [1.54, 1.807) is 0 Å². The fourth-order valence-corrected chi connectivity index (χ4v) is 3.39. The highest BCUT2D eigenvalue weighted by molar-refractivity contribution is 7.99. The lowest BCUT2D eigenvalue weighted by atomic mass is 10.1. The second-order valence-corrected chi connectivity index (χ2v) is 6.54. The maximum absolute atomic E-state index is 12.2. The topological polar surface area (TPSA) is 59.3 Å². The molecule has 23 heavy (non-hydrogen) atoms. The maximum atomic E-state index is 12.2. The van der Waals surface area contributed by atoms with Gasteiger partial charge in [-0.2, -0.15) is 0 Å². The number of anilines is 1. The van der Waals surface area contributed by atoms with Crippen molar-refractivity contribution >= 4 is 40.6 Å². The lowest BCUT2D eigenvalue weighted by molar-refractivity contribution is -0.113. The van der Waals surface area contributed by atoms with Gasteiger partial charge in [0.25, 0.3) is 0 Å². The zero-order chi connectivity index (χ0) is 16.4. The Labute approximate surface area is 143 Å². The number of halogens is 1. The molecule has 2 heterocycles. The number of hydrogen-bond acceptors (Lipinski definition) is 4. The first-order valence-electron chi connectivity index (χ1n) is 7.04. The number of amides is 1. The number of nitrogens with zero attached hydrogens (tertiary/aromatic N) is 3. The van der Waals surface area contributed by atoms with Crippen LogP contribution in [0.25, 0.3) is 5.65 Å². The van der Waals surface area contributed by atoms with E-state index in [1.165, 1.54) is 11.8 Å². The Morgan fingerprint density at radius 3 is 2.91 bits per heavy atom. The highest BCUT2D eigenvalue weighted by Gasteiger charge is 2.12. The molecule has 3 aromatic rings. The van der Waals surface area contributed by atoms with Gasteiger partial charge in [-0.15, -0.1) is 10.2 Å². The fourth-order valence-electron chi connectivity index (χ4n) is 2.30. The van der Waals surface area contributed by atoms with E-state index in [-0.39, 0.29) is 11.7 Å². The molecule has 0 saturated carbocycles. The summed E-state index contributed by atoms with van der Waals surface area (Å²) in [6.45, 7) is 3.89. The molecule has 118 valence electrons. The van der Waals surface area contributed by atoms with E-state index in [2.05, 4.69) is 15.5 Å². The Hall–Kier alpha value is -2.05. The van der Waals surface area contributed by atoms with Crippen molar-refractivity contribution in [3.05, 3.63) is 52.7 Å². The Bertz CT molecular complexity index is 854. The van der Waals surface area contributed by atoms with Gasteiger partial charge >= 0.3 is 0 Å². The third kappa shape index (κ3) is 3.48. The quantitative estimate of drug-likeness (QED) is 0.731. The third-order valence-electron chi connectivity index (χ3n) is 3.31. The van der Waals surface area contributed by atoms with Gasteiger partial charge in [0, 0.05) is 6.20 Å². The van der Waals surface area contributed by atoms with Gasteiger partial charge in [-0.3, -0.25) is 9.20 Å². The summed E-state index contributed by atoms with van der Waals surface area (Å²) in [7, 11) is 0. The number of thioether (sulfide) groups is 1. The average molecular weight is 347 g/mol. The van der Waals surface area contributed by atoms with Crippen LogP contribution in [-0.2, 0) is 4.79 Å². The zero-order valence-corrected chi connectivity index (χ0v) is 14.3. The highest BCUT2D eigenvalue weighted by atomic mass is 35.5. The first kappa shape index (κ1) is 15.8. The largest absolute Gasteiger partial charge is 0.324 e. The molecule has 0 spiro atoms. The molecule has 2 aromatic heterocycles. The van der Waals surface area contributed by atoms with Gasteiger partial charge in [0.2, 0.25) is 5.91 Å². The molecule has 1 N–H and O–H groups in total. The first-order valence-corrected chi connectivity index (χ1v) is 8.40. The van der Waals surface area contributed by atoms with E-state index in [0.717, 1.165) is 16.8 Å². The van der Waals surface area contributed by atoms with Crippen molar-refractivity contribution in [2.24, 2.45) is 0 Å². The summed E-state index contributed by atoms with van der Waals surface area (Å²) >= 11 is 7.54. The molecule has 3 rings (SSSR count). The van der Waals surface area contributed by atoms with E-state index < -0.39 is 0 Å². The lowest BCUT2D eigenvalue weighted by Crippen LogP contribution is -2.15. The van der Waals surface area contributed by atoms with Gasteiger partial charge in [0.15, 0.2) is 10.8 Å². The molecule has 1 amide bonds. The van der Waals surface area contributed by atoms with Crippen LogP contribution in [0.5, 0.6) is 0 Å². The van der Waals surface area contributed by atoms with Crippen LogP contribution in [0.3, 0.4) is 0 Å². The minimum absolute atomic E-state index is 0.128.